The first-order valence-electron chi connectivity index (χ1n) is 20.8. The van der Waals surface area contributed by atoms with Crippen molar-refractivity contribution in [3.05, 3.63) is 69.7 Å². The van der Waals surface area contributed by atoms with E-state index in [1.807, 2.05) is 6.92 Å². The minimum absolute atomic E-state index is 0.0619. The highest BCUT2D eigenvalue weighted by molar-refractivity contribution is 7.10. The van der Waals surface area contributed by atoms with E-state index >= 15 is 0 Å². The number of aromatic nitrogens is 2. The summed E-state index contributed by atoms with van der Waals surface area (Å²) in [5.41, 5.74) is 5.95. The molecular formula is C45H62N6O3S. The molecule has 3 aliphatic rings. The summed E-state index contributed by atoms with van der Waals surface area (Å²) < 4.78 is 12.1. The second-order valence-corrected chi connectivity index (χ2v) is 17.5. The van der Waals surface area contributed by atoms with Gasteiger partial charge in [0.25, 0.3) is 0 Å². The van der Waals surface area contributed by atoms with Crippen LogP contribution >= 0.6 is 11.3 Å². The molecule has 10 heteroatoms. The maximum absolute atomic E-state index is 13.7. The Kier molecular flexibility index (Phi) is 13.4. The molecule has 1 amide bonds. The molecule has 0 spiro atoms. The highest BCUT2D eigenvalue weighted by Crippen LogP contribution is 2.43. The monoisotopic (exact) mass is 766 g/mol. The van der Waals surface area contributed by atoms with Crippen LogP contribution in [-0.4, -0.2) is 86.3 Å². The maximum atomic E-state index is 13.7. The Hall–Kier alpha value is -3.57. The number of piperidine rings is 2. The van der Waals surface area contributed by atoms with Crippen molar-refractivity contribution < 1.29 is 14.3 Å². The van der Waals surface area contributed by atoms with E-state index in [0.29, 0.717) is 23.7 Å². The van der Waals surface area contributed by atoms with Crippen molar-refractivity contribution in [1.29, 1.82) is 0 Å². The third kappa shape index (κ3) is 9.88. The molecule has 296 valence electrons. The van der Waals surface area contributed by atoms with Gasteiger partial charge >= 0.3 is 0 Å². The van der Waals surface area contributed by atoms with E-state index in [1.165, 1.54) is 40.0 Å². The van der Waals surface area contributed by atoms with Crippen molar-refractivity contribution >= 4 is 34.0 Å². The van der Waals surface area contributed by atoms with Crippen LogP contribution in [0.3, 0.4) is 0 Å². The number of hydrogen-bond donors (Lipinski definition) is 2. The summed E-state index contributed by atoms with van der Waals surface area (Å²) in [7, 11) is 5.98. The molecule has 0 unspecified atom stereocenters. The average Bonchev–Trinajstić information content (AvgIpc) is 3.70. The Morgan fingerprint density at radius 2 is 1.76 bits per heavy atom. The summed E-state index contributed by atoms with van der Waals surface area (Å²) in [5.74, 6) is 4.64. The van der Waals surface area contributed by atoms with Crippen LogP contribution < -0.4 is 15.4 Å². The number of anilines is 1. The van der Waals surface area contributed by atoms with Crippen molar-refractivity contribution in [2.45, 2.75) is 90.1 Å². The highest BCUT2D eigenvalue weighted by atomic mass is 32.1. The number of carbonyl (C=O) groups is 1. The second-order valence-electron chi connectivity index (χ2n) is 16.6. The van der Waals surface area contributed by atoms with Crippen LogP contribution in [-0.2, 0) is 16.1 Å². The van der Waals surface area contributed by atoms with Gasteiger partial charge in [0.1, 0.15) is 17.4 Å². The molecule has 4 heterocycles. The molecular weight excluding hydrogens is 705 g/mol. The van der Waals surface area contributed by atoms with Gasteiger partial charge in [-0.2, -0.15) is 0 Å². The molecule has 0 radical (unpaired) electrons. The molecule has 1 saturated carbocycles. The topological polar surface area (TPSA) is 91.9 Å². The molecule has 55 heavy (non-hydrogen) atoms. The van der Waals surface area contributed by atoms with E-state index in [4.69, 9.17) is 19.4 Å². The number of amides is 1. The molecule has 7 rings (SSSR count). The normalized spacial score (nSPS) is 20.6. The molecule has 2 aromatic carbocycles. The largest absolute Gasteiger partial charge is 0.496 e. The van der Waals surface area contributed by atoms with Crippen molar-refractivity contribution in [3.8, 4) is 16.9 Å². The predicted molar refractivity (Wildman–Crippen MR) is 225 cm³/mol. The van der Waals surface area contributed by atoms with Crippen LogP contribution in [0.5, 0.6) is 5.75 Å². The summed E-state index contributed by atoms with van der Waals surface area (Å²) in [4.78, 5) is 29.1. The number of nitrogens with zero attached hydrogens (tertiary/aromatic N) is 4. The van der Waals surface area contributed by atoms with E-state index in [2.05, 4.69) is 89.3 Å². The van der Waals surface area contributed by atoms with E-state index in [-0.39, 0.29) is 12.0 Å². The van der Waals surface area contributed by atoms with E-state index in [0.717, 1.165) is 119 Å². The molecule has 2 N–H and O–H groups in total. The SMILES string of the molecule is COc1cc2nc(C)nc(N[C@H](C)c3cc(-c4ccccc4CN(C)C)cs3)c2cc1C1CCC(C(=O)N2CCC(CCOCC3CCNCC3)CC2)CC1. The van der Waals surface area contributed by atoms with Crippen molar-refractivity contribution in [1.82, 2.24) is 25.1 Å². The van der Waals surface area contributed by atoms with Gasteiger partial charge in [-0.05, 0) is 156 Å². The smallest absolute Gasteiger partial charge is 0.225 e. The lowest BCUT2D eigenvalue weighted by Gasteiger charge is -2.36. The van der Waals surface area contributed by atoms with Gasteiger partial charge in [-0.1, -0.05) is 24.3 Å². The van der Waals surface area contributed by atoms with E-state index < -0.39 is 0 Å². The zero-order chi connectivity index (χ0) is 38.3. The van der Waals surface area contributed by atoms with E-state index in [1.54, 1.807) is 18.4 Å². The van der Waals surface area contributed by atoms with Crippen molar-refractivity contribution in [3.63, 3.8) is 0 Å². The quantitative estimate of drug-likeness (QED) is 0.123. The first kappa shape index (κ1) is 39.7. The molecule has 2 saturated heterocycles. The van der Waals surface area contributed by atoms with Crippen LogP contribution in [0.25, 0.3) is 22.0 Å². The zero-order valence-corrected chi connectivity index (χ0v) is 34.6. The van der Waals surface area contributed by atoms with Crippen LogP contribution in [0.4, 0.5) is 5.82 Å². The second kappa shape index (κ2) is 18.6. The van der Waals surface area contributed by atoms with Gasteiger partial charge in [0.05, 0.1) is 18.7 Å². The van der Waals surface area contributed by atoms with Crippen LogP contribution in [0.15, 0.2) is 47.8 Å². The van der Waals surface area contributed by atoms with Crippen molar-refractivity contribution in [2.24, 2.45) is 17.8 Å². The van der Waals surface area contributed by atoms with E-state index in [9.17, 15) is 4.79 Å². The van der Waals surface area contributed by atoms with Gasteiger partial charge in [0.2, 0.25) is 5.91 Å². The predicted octanol–water partition coefficient (Wildman–Crippen LogP) is 8.83. The number of benzene rings is 2. The standard InChI is InChI=1S/C45H62N6O3S/c1-30(43-24-37(29-55-43)38-9-7-6-8-36(38)27-50(3)4)47-44-40-25-39(42(53-5)26-41(40)48-31(2)49-44)34-10-12-35(13-11-34)45(52)51-21-16-32(17-22-51)18-23-54-28-33-14-19-46-20-15-33/h6-9,24-26,29-30,32-35,46H,10-23,27-28H2,1-5H3,(H,47,48,49)/t30-,34?,35?/m1/s1. The first-order valence-corrected chi connectivity index (χ1v) is 21.6. The van der Waals surface area contributed by atoms with Crippen LogP contribution in [0.1, 0.15) is 98.5 Å². The number of hydrogen-bond acceptors (Lipinski definition) is 9. The number of aryl methyl sites for hydroxylation is 1. The lowest BCUT2D eigenvalue weighted by atomic mass is 9.77. The molecule has 1 aliphatic carbocycles. The summed E-state index contributed by atoms with van der Waals surface area (Å²) in [5, 5.41) is 10.5. The van der Waals surface area contributed by atoms with Gasteiger partial charge in [-0.3, -0.25) is 4.79 Å². The number of nitrogens with one attached hydrogen (secondary N) is 2. The Morgan fingerprint density at radius 1 is 1.00 bits per heavy atom. The number of methoxy groups -OCH3 is 1. The van der Waals surface area contributed by atoms with Gasteiger partial charge in [0.15, 0.2) is 0 Å². The molecule has 3 fully saturated rings. The molecule has 1 atom stereocenters. The molecule has 2 aliphatic heterocycles. The maximum Gasteiger partial charge on any atom is 0.225 e. The lowest BCUT2D eigenvalue weighted by Crippen LogP contribution is -2.42. The fraction of sp³-hybridized carbons (Fsp3) is 0.578. The third-order valence-electron chi connectivity index (χ3n) is 12.3. The minimum Gasteiger partial charge on any atom is -0.496 e. The van der Waals surface area contributed by atoms with Gasteiger partial charge in [-0.25, -0.2) is 9.97 Å². The molecule has 0 bridgehead atoms. The fourth-order valence-corrected chi connectivity index (χ4v) is 9.99. The summed E-state index contributed by atoms with van der Waals surface area (Å²) >= 11 is 1.78. The average molecular weight is 767 g/mol. The summed E-state index contributed by atoms with van der Waals surface area (Å²) in [6.07, 6.45) is 9.56. The van der Waals surface area contributed by atoms with Gasteiger partial charge in [0, 0.05) is 55.1 Å². The number of fused-ring (bicyclic) bond motifs is 1. The zero-order valence-electron chi connectivity index (χ0n) is 33.7. The first-order chi connectivity index (χ1) is 26.7. The van der Waals surface area contributed by atoms with Gasteiger partial charge < -0.3 is 29.9 Å². The van der Waals surface area contributed by atoms with Gasteiger partial charge in [-0.15, -0.1) is 11.3 Å². The molecule has 4 aromatic rings. The Bertz CT molecular complexity index is 1870. The summed E-state index contributed by atoms with van der Waals surface area (Å²) in [6.45, 7) is 10.9. The number of ether oxygens (including phenoxy) is 2. The number of likely N-dealkylation sites (tertiary alicyclic amines) is 1. The number of thiophene rings is 1. The third-order valence-corrected chi connectivity index (χ3v) is 13.4. The Morgan fingerprint density at radius 3 is 2.51 bits per heavy atom. The Balaban J connectivity index is 0.963. The lowest BCUT2D eigenvalue weighted by molar-refractivity contribution is -0.138. The molecule has 2 aromatic heterocycles. The Labute approximate surface area is 332 Å². The fourth-order valence-electron chi connectivity index (χ4n) is 9.07. The molecule has 9 nitrogen and oxygen atoms in total. The minimum atomic E-state index is 0.0619. The number of rotatable bonds is 14. The highest BCUT2D eigenvalue weighted by Gasteiger charge is 2.33. The van der Waals surface area contributed by atoms with Crippen molar-refractivity contribution in [2.75, 3.05) is 65.9 Å². The van der Waals surface area contributed by atoms with Crippen LogP contribution in [0.2, 0.25) is 0 Å². The number of carbonyl (C=O) groups excluding carboxylic acids is 1. The van der Waals surface area contributed by atoms with Crippen LogP contribution in [0, 0.1) is 24.7 Å². The summed E-state index contributed by atoms with van der Waals surface area (Å²) in [6, 6.07) is 15.4.